The number of rotatable bonds is 6. The van der Waals surface area contributed by atoms with Gasteiger partial charge >= 0.3 is 0 Å². The fourth-order valence-electron chi connectivity index (χ4n) is 13.2. The van der Waals surface area contributed by atoms with Crippen molar-refractivity contribution in [2.24, 2.45) is 0 Å². The van der Waals surface area contributed by atoms with E-state index in [0.717, 1.165) is 12.8 Å². The molecule has 4 aliphatic rings. The molecule has 0 amide bonds. The Morgan fingerprint density at radius 3 is 0.925 bits per heavy atom. The van der Waals surface area contributed by atoms with Crippen LogP contribution in [0.2, 0.25) is 13.1 Å². The van der Waals surface area contributed by atoms with E-state index in [1.807, 2.05) is 0 Å². The predicted octanol–water partition coefficient (Wildman–Crippen LogP) is 8.37. The smallest absolute Gasteiger partial charge is 0.0623 e. The van der Waals surface area contributed by atoms with E-state index >= 15 is 0 Å². The standard InChI is InChI=1S/C64H48Si3/c1-65(2,49-33-29-43-37-45-31-35-51(41-59(45)57(43)39-49)66(47-17-5-3-6-18-47)61-25-13-9-21-53(61)54-22-10-14-26-62(54)66)50-34-30-44-38-46-32-36-52(42-60(46)58(44)40-50)67(48-19-7-4-8-20-48)63-27-15-11-23-55(63)56-24-12-16-28-64(56)67/h3-36,39-42H,37-38H2,1-2H3. The third-order valence-electron chi connectivity index (χ3n) is 16.4. The van der Waals surface area contributed by atoms with Crippen LogP contribution in [-0.2, 0) is 12.8 Å². The Morgan fingerprint density at radius 2 is 0.567 bits per heavy atom. The molecule has 10 aromatic carbocycles. The molecule has 2 heterocycles. The molecule has 0 nitrogen and oxygen atoms in total. The third-order valence-corrected chi connectivity index (χ3v) is 29.6. The molecule has 0 saturated heterocycles. The SMILES string of the molecule is C[Si](C)(c1ccc2c(c1)-c1cc([Si]3(c4ccccc4)c4ccccc4-c4ccccc43)ccc1C2)c1ccc2c(c1)-c1cc([Si]3(c4ccccc4)c4ccccc4-c4ccccc43)ccc1C2. The van der Waals surface area contributed by atoms with Crippen molar-refractivity contribution in [2.45, 2.75) is 25.9 Å². The van der Waals surface area contributed by atoms with Gasteiger partial charge in [-0.15, -0.1) is 0 Å². The lowest BCUT2D eigenvalue weighted by molar-refractivity contribution is 1.26. The molecule has 67 heavy (non-hydrogen) atoms. The molecule has 0 aromatic heterocycles. The summed E-state index contributed by atoms with van der Waals surface area (Å²) in [5.74, 6) is 0. The minimum atomic E-state index is -2.59. The van der Waals surface area contributed by atoms with Crippen LogP contribution in [-0.4, -0.2) is 24.2 Å². The minimum Gasteiger partial charge on any atom is -0.0623 e. The van der Waals surface area contributed by atoms with Gasteiger partial charge in [-0.2, -0.15) is 0 Å². The summed E-state index contributed by atoms with van der Waals surface area (Å²) in [7, 11) is -7.35. The Hall–Kier alpha value is -7.15. The molecule has 0 bridgehead atoms. The van der Waals surface area contributed by atoms with Crippen LogP contribution in [0.15, 0.2) is 231 Å². The summed E-state index contributed by atoms with van der Waals surface area (Å²) in [4.78, 5) is 0. The van der Waals surface area contributed by atoms with Crippen LogP contribution in [0.25, 0.3) is 44.5 Å². The second-order valence-corrected chi connectivity index (χ2v) is 31.7. The molecule has 3 heteroatoms. The molecule has 0 unspecified atom stereocenters. The molecule has 0 fully saturated rings. The molecule has 0 atom stereocenters. The molecule has 0 spiro atoms. The summed E-state index contributed by atoms with van der Waals surface area (Å²) in [6.07, 6.45) is 1.97. The van der Waals surface area contributed by atoms with E-state index in [-0.39, 0.29) is 0 Å². The van der Waals surface area contributed by atoms with Crippen LogP contribution in [0.4, 0.5) is 0 Å². The maximum absolute atomic E-state index is 2.62. The summed E-state index contributed by atoms with van der Waals surface area (Å²) in [5, 5.41) is 14.9. The normalized spacial score (nSPS) is 14.8. The molecule has 0 radical (unpaired) electrons. The van der Waals surface area contributed by atoms with Crippen LogP contribution < -0.4 is 51.9 Å². The van der Waals surface area contributed by atoms with E-state index in [9.17, 15) is 0 Å². The van der Waals surface area contributed by atoms with E-state index in [2.05, 4.69) is 244 Å². The lowest BCUT2D eigenvalue weighted by Crippen LogP contribution is -2.72. The van der Waals surface area contributed by atoms with Gasteiger partial charge < -0.3 is 0 Å². The van der Waals surface area contributed by atoms with Crippen LogP contribution in [0.5, 0.6) is 0 Å². The third kappa shape index (κ3) is 5.33. The topological polar surface area (TPSA) is 0 Å². The highest BCUT2D eigenvalue weighted by Crippen LogP contribution is 2.40. The second kappa shape index (κ2) is 14.4. The Labute approximate surface area is 397 Å². The molecule has 2 aliphatic carbocycles. The Balaban J connectivity index is 0.878. The van der Waals surface area contributed by atoms with Crippen molar-refractivity contribution in [3.63, 3.8) is 0 Å². The molecular weight excluding hydrogens is 853 g/mol. The van der Waals surface area contributed by atoms with Crippen molar-refractivity contribution in [2.75, 3.05) is 0 Å². The highest BCUT2D eigenvalue weighted by atomic mass is 28.3. The highest BCUT2D eigenvalue weighted by molar-refractivity contribution is 7.23. The van der Waals surface area contributed by atoms with Crippen LogP contribution >= 0.6 is 0 Å². The molecule has 0 saturated carbocycles. The zero-order valence-electron chi connectivity index (χ0n) is 37.9. The molecule has 14 rings (SSSR count). The Morgan fingerprint density at radius 1 is 0.269 bits per heavy atom. The van der Waals surface area contributed by atoms with Gasteiger partial charge in [-0.1, -0.05) is 254 Å². The fourth-order valence-corrected chi connectivity index (χ4v) is 25.9. The molecule has 10 aromatic rings. The number of fused-ring (bicyclic) bond motifs is 12. The van der Waals surface area contributed by atoms with Crippen molar-refractivity contribution in [1.29, 1.82) is 0 Å². The van der Waals surface area contributed by atoms with Crippen molar-refractivity contribution in [1.82, 2.24) is 0 Å². The van der Waals surface area contributed by atoms with Crippen molar-refractivity contribution in [3.8, 4) is 44.5 Å². The Bertz CT molecular complexity index is 3340. The van der Waals surface area contributed by atoms with Gasteiger partial charge in [-0.3, -0.25) is 0 Å². The van der Waals surface area contributed by atoms with E-state index in [1.165, 1.54) is 119 Å². The monoisotopic (exact) mass is 900 g/mol. The summed E-state index contributed by atoms with van der Waals surface area (Å²) < 4.78 is 0. The van der Waals surface area contributed by atoms with E-state index < -0.39 is 24.2 Å². The predicted molar refractivity (Wildman–Crippen MR) is 291 cm³/mol. The molecule has 2 aliphatic heterocycles. The Kier molecular flexibility index (Phi) is 8.41. The van der Waals surface area contributed by atoms with Gasteiger partial charge in [0.25, 0.3) is 0 Å². The zero-order chi connectivity index (χ0) is 44.5. The largest absolute Gasteiger partial charge is 0.180 e. The molecular formula is C64H48Si3. The first-order valence-corrected chi connectivity index (χ1v) is 31.0. The van der Waals surface area contributed by atoms with Gasteiger partial charge in [0.1, 0.15) is 8.07 Å². The number of hydrogen-bond donors (Lipinski definition) is 0. The quantitative estimate of drug-likeness (QED) is 0.147. The molecule has 316 valence electrons. The van der Waals surface area contributed by atoms with Crippen molar-refractivity contribution < 1.29 is 0 Å². The zero-order valence-corrected chi connectivity index (χ0v) is 40.9. The maximum Gasteiger partial charge on any atom is 0.180 e. The van der Waals surface area contributed by atoms with Gasteiger partial charge in [0.2, 0.25) is 0 Å². The summed E-state index contributed by atoms with van der Waals surface area (Å²) >= 11 is 0. The van der Waals surface area contributed by atoms with E-state index in [0.29, 0.717) is 0 Å². The van der Waals surface area contributed by atoms with Gasteiger partial charge in [0.05, 0.1) is 0 Å². The average molecular weight is 901 g/mol. The first-order chi connectivity index (χ1) is 33.0. The summed E-state index contributed by atoms with van der Waals surface area (Å²) in [6, 6.07) is 90.1. The van der Waals surface area contributed by atoms with Gasteiger partial charge in [0.15, 0.2) is 16.1 Å². The maximum atomic E-state index is 2.62. The van der Waals surface area contributed by atoms with E-state index in [4.69, 9.17) is 0 Å². The number of hydrogen-bond acceptors (Lipinski definition) is 0. The van der Waals surface area contributed by atoms with Crippen LogP contribution in [0, 0.1) is 0 Å². The van der Waals surface area contributed by atoms with Crippen molar-refractivity contribution >= 4 is 76.1 Å². The highest BCUT2D eigenvalue weighted by Gasteiger charge is 2.50. The van der Waals surface area contributed by atoms with Gasteiger partial charge in [0, 0.05) is 0 Å². The lowest BCUT2D eigenvalue weighted by atomic mass is 10.1. The number of benzene rings is 10. The first kappa shape index (κ1) is 39.1. The lowest BCUT2D eigenvalue weighted by Gasteiger charge is -2.32. The minimum absolute atomic E-state index is 0.987. The average Bonchev–Trinajstić information content (AvgIpc) is 4.12. The summed E-state index contributed by atoms with van der Waals surface area (Å²) in [6.45, 7) is 5.14. The second-order valence-electron chi connectivity index (χ2n) is 19.9. The van der Waals surface area contributed by atoms with Crippen LogP contribution in [0.3, 0.4) is 0 Å². The summed E-state index contributed by atoms with van der Waals surface area (Å²) in [5.41, 5.74) is 17.1. The van der Waals surface area contributed by atoms with Gasteiger partial charge in [-0.05, 0) is 121 Å². The van der Waals surface area contributed by atoms with E-state index in [1.54, 1.807) is 0 Å². The van der Waals surface area contributed by atoms with Gasteiger partial charge in [-0.25, -0.2) is 0 Å². The molecule has 0 N–H and O–H groups in total. The van der Waals surface area contributed by atoms with Crippen LogP contribution in [0.1, 0.15) is 22.3 Å². The van der Waals surface area contributed by atoms with Crippen molar-refractivity contribution in [3.05, 3.63) is 253 Å². The first-order valence-electron chi connectivity index (χ1n) is 24.0. The fraction of sp³-hybridized carbons (Fsp3) is 0.0625.